The molecule has 0 aliphatic heterocycles. The molecule has 1 aromatic heterocycles. The molecule has 0 atom stereocenters. The quantitative estimate of drug-likeness (QED) is 0.624. The third kappa shape index (κ3) is 2.48. The van der Waals surface area contributed by atoms with E-state index in [-0.39, 0.29) is 5.78 Å². The fraction of sp³-hybridized carbons (Fsp3) is 0.150. The lowest BCUT2D eigenvalue weighted by Gasteiger charge is -2.07. The highest BCUT2D eigenvalue weighted by molar-refractivity contribution is 6.02. The van der Waals surface area contributed by atoms with E-state index in [1.54, 1.807) is 6.92 Å². The summed E-state index contributed by atoms with van der Waals surface area (Å²) in [4.78, 5) is 12.1. The summed E-state index contributed by atoms with van der Waals surface area (Å²) >= 11 is 0. The molecule has 3 rings (SSSR count). The lowest BCUT2D eigenvalue weighted by Crippen LogP contribution is -1.99. The van der Waals surface area contributed by atoms with Crippen LogP contribution in [-0.2, 0) is 0 Å². The molecule has 0 bridgehead atoms. The van der Waals surface area contributed by atoms with Crippen molar-refractivity contribution in [2.45, 2.75) is 20.8 Å². The van der Waals surface area contributed by atoms with Gasteiger partial charge in [0.25, 0.3) is 0 Å². The lowest BCUT2D eigenvalue weighted by molar-refractivity contribution is 0.101. The molecule has 0 amide bonds. The maximum Gasteiger partial charge on any atom is 0.162 e. The van der Waals surface area contributed by atoms with Crippen molar-refractivity contribution in [3.8, 4) is 16.8 Å². The van der Waals surface area contributed by atoms with Crippen LogP contribution in [0.15, 0.2) is 60.8 Å². The fourth-order valence-corrected chi connectivity index (χ4v) is 2.86. The highest BCUT2D eigenvalue weighted by atomic mass is 16.1. The largest absolute Gasteiger partial charge is 0.320 e. The summed E-state index contributed by atoms with van der Waals surface area (Å²) in [6.07, 6.45) is 2.06. The zero-order valence-electron chi connectivity index (χ0n) is 13.1. The minimum absolute atomic E-state index is 0.0993. The Bertz CT molecular complexity index is 811. The molecule has 110 valence electrons. The number of hydrogen-bond donors (Lipinski definition) is 0. The Morgan fingerprint density at radius 1 is 0.909 bits per heavy atom. The number of rotatable bonds is 3. The zero-order chi connectivity index (χ0) is 15.7. The van der Waals surface area contributed by atoms with Gasteiger partial charge < -0.3 is 4.57 Å². The number of nitrogens with zero attached hydrogens (tertiary/aromatic N) is 1. The van der Waals surface area contributed by atoms with Gasteiger partial charge in [-0.3, -0.25) is 4.79 Å². The first kappa shape index (κ1) is 14.3. The molecular formula is C20H19NO. The van der Waals surface area contributed by atoms with Crippen molar-refractivity contribution < 1.29 is 4.79 Å². The standard InChI is InChI=1S/C20H19NO/c1-14-9-11-18(12-10-14)21-13-19(17-7-5-4-6-8-17)20(15(21)2)16(3)22/h4-13H,1-3H3. The van der Waals surface area contributed by atoms with Crippen LogP contribution in [0.25, 0.3) is 16.8 Å². The van der Waals surface area contributed by atoms with E-state index < -0.39 is 0 Å². The van der Waals surface area contributed by atoms with E-state index in [0.29, 0.717) is 0 Å². The van der Waals surface area contributed by atoms with Gasteiger partial charge in [-0.2, -0.15) is 0 Å². The van der Waals surface area contributed by atoms with E-state index in [9.17, 15) is 4.79 Å². The van der Waals surface area contributed by atoms with Crippen molar-refractivity contribution in [1.29, 1.82) is 0 Å². The first-order chi connectivity index (χ1) is 10.6. The molecule has 0 aliphatic rings. The van der Waals surface area contributed by atoms with Crippen LogP contribution >= 0.6 is 0 Å². The van der Waals surface area contributed by atoms with Gasteiger partial charge in [0.05, 0.1) is 0 Å². The van der Waals surface area contributed by atoms with Crippen LogP contribution in [0.4, 0.5) is 0 Å². The van der Waals surface area contributed by atoms with Crippen LogP contribution in [0.2, 0.25) is 0 Å². The number of aryl methyl sites for hydroxylation is 1. The summed E-state index contributed by atoms with van der Waals surface area (Å²) in [7, 11) is 0. The van der Waals surface area contributed by atoms with E-state index in [1.807, 2.05) is 37.3 Å². The third-order valence-electron chi connectivity index (χ3n) is 4.00. The van der Waals surface area contributed by atoms with E-state index >= 15 is 0 Å². The van der Waals surface area contributed by atoms with Crippen LogP contribution in [0.5, 0.6) is 0 Å². The molecule has 0 fully saturated rings. The van der Waals surface area contributed by atoms with E-state index in [4.69, 9.17) is 0 Å². The molecule has 0 saturated carbocycles. The van der Waals surface area contributed by atoms with Gasteiger partial charge in [0, 0.05) is 28.7 Å². The molecule has 0 aliphatic carbocycles. The van der Waals surface area contributed by atoms with E-state index in [0.717, 1.165) is 28.1 Å². The predicted octanol–water partition coefficient (Wildman–Crippen LogP) is 4.96. The maximum absolute atomic E-state index is 12.1. The van der Waals surface area contributed by atoms with Gasteiger partial charge in [-0.25, -0.2) is 0 Å². The van der Waals surface area contributed by atoms with Crippen LogP contribution in [-0.4, -0.2) is 10.4 Å². The Labute approximate surface area is 131 Å². The number of carbonyl (C=O) groups is 1. The minimum Gasteiger partial charge on any atom is -0.320 e. The molecule has 2 nitrogen and oxygen atoms in total. The van der Waals surface area contributed by atoms with E-state index in [1.165, 1.54) is 5.56 Å². The predicted molar refractivity (Wildman–Crippen MR) is 90.7 cm³/mol. The van der Waals surface area contributed by atoms with Crippen molar-refractivity contribution in [3.63, 3.8) is 0 Å². The van der Waals surface area contributed by atoms with Gasteiger partial charge in [0.15, 0.2) is 5.78 Å². The monoisotopic (exact) mass is 289 g/mol. The van der Waals surface area contributed by atoms with Crippen LogP contribution < -0.4 is 0 Å². The normalized spacial score (nSPS) is 10.7. The molecule has 1 heterocycles. The van der Waals surface area contributed by atoms with Gasteiger partial charge in [-0.05, 0) is 38.5 Å². The van der Waals surface area contributed by atoms with Gasteiger partial charge in [-0.1, -0.05) is 48.0 Å². The summed E-state index contributed by atoms with van der Waals surface area (Å²) in [5.41, 5.74) is 6.14. The third-order valence-corrected chi connectivity index (χ3v) is 4.00. The number of carbonyl (C=O) groups excluding carboxylic acids is 1. The average molecular weight is 289 g/mol. The number of Topliss-reactive ketones (excluding diaryl/α,β-unsaturated/α-hetero) is 1. The van der Waals surface area contributed by atoms with Crippen LogP contribution in [0.3, 0.4) is 0 Å². The summed E-state index contributed by atoms with van der Waals surface area (Å²) in [6.45, 7) is 5.71. The van der Waals surface area contributed by atoms with Crippen molar-refractivity contribution >= 4 is 5.78 Å². The summed E-state index contributed by atoms with van der Waals surface area (Å²) in [5.74, 6) is 0.0993. The summed E-state index contributed by atoms with van der Waals surface area (Å²) in [5, 5.41) is 0. The Hall–Kier alpha value is -2.61. The van der Waals surface area contributed by atoms with Crippen molar-refractivity contribution in [2.24, 2.45) is 0 Å². The molecule has 0 unspecified atom stereocenters. The Morgan fingerprint density at radius 2 is 1.55 bits per heavy atom. The Kier molecular flexibility index (Phi) is 3.68. The van der Waals surface area contributed by atoms with Crippen molar-refractivity contribution in [2.75, 3.05) is 0 Å². The molecular weight excluding hydrogens is 270 g/mol. The minimum atomic E-state index is 0.0993. The smallest absolute Gasteiger partial charge is 0.162 e. The second kappa shape index (κ2) is 5.64. The second-order valence-electron chi connectivity index (χ2n) is 5.63. The topological polar surface area (TPSA) is 22.0 Å². The highest BCUT2D eigenvalue weighted by Crippen LogP contribution is 2.30. The number of aromatic nitrogens is 1. The zero-order valence-corrected chi connectivity index (χ0v) is 13.1. The number of benzene rings is 2. The fourth-order valence-electron chi connectivity index (χ4n) is 2.86. The Balaban J connectivity index is 2.22. The van der Waals surface area contributed by atoms with Crippen molar-refractivity contribution in [1.82, 2.24) is 4.57 Å². The first-order valence-electron chi connectivity index (χ1n) is 7.43. The molecule has 2 heteroatoms. The highest BCUT2D eigenvalue weighted by Gasteiger charge is 2.18. The van der Waals surface area contributed by atoms with Gasteiger partial charge in [-0.15, -0.1) is 0 Å². The van der Waals surface area contributed by atoms with Gasteiger partial charge in [0.2, 0.25) is 0 Å². The number of ketones is 1. The van der Waals surface area contributed by atoms with Gasteiger partial charge in [0.1, 0.15) is 0 Å². The molecule has 0 spiro atoms. The first-order valence-corrected chi connectivity index (χ1v) is 7.43. The van der Waals surface area contributed by atoms with Crippen LogP contribution in [0.1, 0.15) is 28.5 Å². The van der Waals surface area contributed by atoms with Crippen LogP contribution in [0, 0.1) is 13.8 Å². The van der Waals surface area contributed by atoms with Gasteiger partial charge >= 0.3 is 0 Å². The summed E-state index contributed by atoms with van der Waals surface area (Å²) < 4.78 is 2.10. The molecule has 2 aromatic carbocycles. The SMILES string of the molecule is CC(=O)c1c(-c2ccccc2)cn(-c2ccc(C)cc2)c1C. The molecule has 0 radical (unpaired) electrons. The average Bonchev–Trinajstić information content (AvgIpc) is 2.87. The summed E-state index contributed by atoms with van der Waals surface area (Å²) in [6, 6.07) is 18.4. The van der Waals surface area contributed by atoms with E-state index in [2.05, 4.69) is 42.0 Å². The maximum atomic E-state index is 12.1. The van der Waals surface area contributed by atoms with Crippen molar-refractivity contribution in [3.05, 3.63) is 77.6 Å². The second-order valence-corrected chi connectivity index (χ2v) is 5.63. The molecule has 3 aromatic rings. The molecule has 0 saturated heterocycles. The molecule has 0 N–H and O–H groups in total. The Morgan fingerprint density at radius 3 is 2.14 bits per heavy atom. The molecule has 22 heavy (non-hydrogen) atoms. The lowest BCUT2D eigenvalue weighted by atomic mass is 10.0. The number of hydrogen-bond acceptors (Lipinski definition) is 1.